The molecule has 152 valence electrons. The Morgan fingerprint density at radius 3 is 2.52 bits per heavy atom. The van der Waals surface area contributed by atoms with Crippen LogP contribution in [0.4, 0.5) is 5.69 Å². The highest BCUT2D eigenvalue weighted by Gasteiger charge is 2.35. The van der Waals surface area contributed by atoms with E-state index in [0.717, 1.165) is 0 Å². The monoisotopic (exact) mass is 411 g/mol. The number of hydrogen-bond acceptors (Lipinski definition) is 4. The third-order valence-electron chi connectivity index (χ3n) is 5.67. The van der Waals surface area contributed by atoms with Crippen molar-refractivity contribution in [2.24, 2.45) is 7.05 Å². The number of amides is 2. The fourth-order valence-corrected chi connectivity index (χ4v) is 4.17. The van der Waals surface area contributed by atoms with Crippen LogP contribution in [0.2, 0.25) is 0 Å². The van der Waals surface area contributed by atoms with E-state index in [2.05, 4.69) is 16.8 Å². The first-order chi connectivity index (χ1) is 14.9. The molecule has 31 heavy (non-hydrogen) atoms. The Hall–Kier alpha value is -4.15. The largest absolute Gasteiger partial charge is 0.384 e. The second-order valence-corrected chi connectivity index (χ2v) is 7.44. The van der Waals surface area contributed by atoms with Gasteiger partial charge in [-0.2, -0.15) is 0 Å². The number of H-pyrrole nitrogens is 1. The van der Waals surface area contributed by atoms with Crippen LogP contribution in [0.5, 0.6) is 0 Å². The second-order valence-electron chi connectivity index (χ2n) is 7.44. The van der Waals surface area contributed by atoms with E-state index < -0.39 is 11.8 Å². The third-order valence-corrected chi connectivity index (χ3v) is 5.67. The second kappa shape index (κ2) is 6.69. The van der Waals surface area contributed by atoms with Crippen molar-refractivity contribution in [3.05, 3.63) is 75.2 Å². The van der Waals surface area contributed by atoms with Crippen LogP contribution in [0.25, 0.3) is 21.8 Å². The number of benzene rings is 3. The smallest absolute Gasteiger partial charge is 0.326 e. The molecule has 7 nitrogen and oxygen atoms in total. The molecule has 0 bridgehead atoms. The molecular formula is C24H17N3O4. The van der Waals surface area contributed by atoms with Gasteiger partial charge in [0.25, 0.3) is 11.8 Å². The molecule has 1 aromatic heterocycles. The summed E-state index contributed by atoms with van der Waals surface area (Å²) in [5.41, 5.74) is 3.55. The summed E-state index contributed by atoms with van der Waals surface area (Å²) in [5.74, 6) is 4.63. The summed E-state index contributed by atoms with van der Waals surface area (Å²) in [7, 11) is 1.63. The van der Waals surface area contributed by atoms with E-state index in [1.54, 1.807) is 50.4 Å². The van der Waals surface area contributed by atoms with Gasteiger partial charge >= 0.3 is 5.69 Å². The average Bonchev–Trinajstić information content (AvgIpc) is 3.03. The Bertz CT molecular complexity index is 1540. The number of aromatic nitrogens is 2. The van der Waals surface area contributed by atoms with E-state index in [0.29, 0.717) is 49.7 Å². The zero-order valence-electron chi connectivity index (χ0n) is 16.8. The minimum Gasteiger partial charge on any atom is -0.384 e. The lowest BCUT2D eigenvalue weighted by Crippen LogP contribution is -2.41. The Morgan fingerprint density at radius 1 is 1.03 bits per heavy atom. The Morgan fingerprint density at radius 2 is 1.77 bits per heavy atom. The molecule has 0 unspecified atom stereocenters. The average molecular weight is 411 g/mol. The number of nitrogens with one attached hydrogen (secondary N) is 1. The van der Waals surface area contributed by atoms with Crippen LogP contribution in [0.15, 0.2) is 47.3 Å². The molecule has 0 saturated carbocycles. The molecule has 3 aromatic carbocycles. The maximum atomic E-state index is 13.5. The number of rotatable bonds is 1. The summed E-state index contributed by atoms with van der Waals surface area (Å²) >= 11 is 0. The van der Waals surface area contributed by atoms with E-state index in [9.17, 15) is 14.4 Å². The SMILES string of the molecule is Cc1cc2[nH]c(=O)n(C)c2cc1N1C(=O)c2cccc3c(C#CCO)ccc(c23)C1=O. The van der Waals surface area contributed by atoms with Crippen molar-refractivity contribution in [2.45, 2.75) is 6.92 Å². The molecule has 0 spiro atoms. The quantitative estimate of drug-likeness (QED) is 0.372. The van der Waals surface area contributed by atoms with Gasteiger partial charge in [-0.15, -0.1) is 0 Å². The number of carbonyl (C=O) groups excluding carboxylic acids is 2. The van der Waals surface area contributed by atoms with Gasteiger partial charge in [0, 0.05) is 29.1 Å². The zero-order chi connectivity index (χ0) is 21.9. The number of aromatic amines is 1. The van der Waals surface area contributed by atoms with E-state index >= 15 is 0 Å². The van der Waals surface area contributed by atoms with Gasteiger partial charge in [0.15, 0.2) is 0 Å². The molecule has 7 heteroatoms. The highest BCUT2D eigenvalue weighted by molar-refractivity contribution is 6.36. The minimum atomic E-state index is -0.432. The molecule has 1 aliphatic heterocycles. The maximum Gasteiger partial charge on any atom is 0.326 e. The Labute approximate surface area is 176 Å². The molecule has 0 saturated heterocycles. The third kappa shape index (κ3) is 2.62. The van der Waals surface area contributed by atoms with Crippen molar-refractivity contribution in [1.82, 2.24) is 9.55 Å². The predicted molar refractivity (Wildman–Crippen MR) is 117 cm³/mol. The first-order valence-corrected chi connectivity index (χ1v) is 9.66. The fraction of sp³-hybridized carbons (Fsp3) is 0.125. The molecule has 2 amide bonds. The molecule has 5 rings (SSSR count). The molecule has 0 aliphatic carbocycles. The number of fused-ring (bicyclic) bond motifs is 1. The Kier molecular flexibility index (Phi) is 4.07. The lowest BCUT2D eigenvalue weighted by molar-refractivity contribution is 0.0893. The highest BCUT2D eigenvalue weighted by Crippen LogP contribution is 2.36. The van der Waals surface area contributed by atoms with Crippen molar-refractivity contribution in [2.75, 3.05) is 11.5 Å². The van der Waals surface area contributed by atoms with Crippen LogP contribution >= 0.6 is 0 Å². The van der Waals surface area contributed by atoms with Gasteiger partial charge in [-0.3, -0.25) is 14.2 Å². The van der Waals surface area contributed by atoms with E-state index in [4.69, 9.17) is 5.11 Å². The summed E-state index contributed by atoms with van der Waals surface area (Å²) in [6.07, 6.45) is 0. The van der Waals surface area contributed by atoms with Gasteiger partial charge < -0.3 is 10.1 Å². The van der Waals surface area contributed by atoms with Crippen LogP contribution in [0.1, 0.15) is 31.8 Å². The molecule has 0 radical (unpaired) electrons. The topological polar surface area (TPSA) is 95.4 Å². The number of carbonyl (C=O) groups is 2. The number of anilines is 1. The molecule has 0 atom stereocenters. The number of imide groups is 1. The summed E-state index contributed by atoms with van der Waals surface area (Å²) in [5, 5.41) is 10.3. The number of aliphatic hydroxyl groups excluding tert-OH is 1. The van der Waals surface area contributed by atoms with Gasteiger partial charge in [-0.1, -0.05) is 24.0 Å². The molecule has 0 fully saturated rings. The molecule has 2 N–H and O–H groups in total. The van der Waals surface area contributed by atoms with Gasteiger partial charge in [0.1, 0.15) is 6.61 Å². The molecule has 4 aromatic rings. The van der Waals surface area contributed by atoms with Crippen molar-refractivity contribution in [1.29, 1.82) is 0 Å². The van der Waals surface area contributed by atoms with Crippen molar-refractivity contribution in [3.63, 3.8) is 0 Å². The number of aryl methyl sites for hydroxylation is 2. The fourth-order valence-electron chi connectivity index (χ4n) is 4.17. The predicted octanol–water partition coefficient (Wildman–Crippen LogP) is 2.47. The summed E-state index contributed by atoms with van der Waals surface area (Å²) in [6, 6.07) is 12.1. The molecular weight excluding hydrogens is 394 g/mol. The van der Waals surface area contributed by atoms with Gasteiger partial charge in [0.2, 0.25) is 0 Å². The Balaban J connectivity index is 1.75. The summed E-state index contributed by atoms with van der Waals surface area (Å²) in [6.45, 7) is 1.52. The van der Waals surface area contributed by atoms with E-state index in [-0.39, 0.29) is 12.3 Å². The van der Waals surface area contributed by atoms with Gasteiger partial charge in [0.05, 0.1) is 16.7 Å². The number of nitrogens with zero attached hydrogens (tertiary/aromatic N) is 2. The summed E-state index contributed by atoms with van der Waals surface area (Å²) < 4.78 is 1.44. The lowest BCUT2D eigenvalue weighted by Gasteiger charge is -2.28. The van der Waals surface area contributed by atoms with Crippen LogP contribution in [0, 0.1) is 18.8 Å². The normalized spacial score (nSPS) is 13.1. The highest BCUT2D eigenvalue weighted by atomic mass is 16.2. The van der Waals surface area contributed by atoms with Crippen molar-refractivity contribution in [3.8, 4) is 11.8 Å². The van der Waals surface area contributed by atoms with Crippen LogP contribution in [0.3, 0.4) is 0 Å². The maximum absolute atomic E-state index is 13.5. The first kappa shape index (κ1) is 18.9. The number of hydrogen-bond donors (Lipinski definition) is 2. The van der Waals surface area contributed by atoms with Crippen molar-refractivity contribution < 1.29 is 14.7 Å². The molecule has 2 heterocycles. The van der Waals surface area contributed by atoms with E-state index in [1.165, 1.54) is 9.47 Å². The van der Waals surface area contributed by atoms with Gasteiger partial charge in [-0.05, 0) is 48.2 Å². The van der Waals surface area contributed by atoms with E-state index in [1.807, 2.05) is 6.07 Å². The summed E-state index contributed by atoms with van der Waals surface area (Å²) in [4.78, 5) is 42.9. The van der Waals surface area contributed by atoms with Crippen LogP contribution < -0.4 is 10.6 Å². The molecule has 1 aliphatic rings. The standard InChI is InChI=1S/C24H17N3O4/c1-13-11-18-20(26(2)24(31)25-18)12-19(13)27-22(29)16-7-3-6-15-14(5-4-10-28)8-9-17(21(15)16)23(27)30/h3,6-9,11-12,28H,10H2,1-2H3,(H,25,31). The van der Waals surface area contributed by atoms with Gasteiger partial charge in [-0.25, -0.2) is 9.69 Å². The minimum absolute atomic E-state index is 0.269. The number of aliphatic hydroxyl groups is 1. The van der Waals surface area contributed by atoms with Crippen LogP contribution in [-0.4, -0.2) is 33.1 Å². The first-order valence-electron chi connectivity index (χ1n) is 9.66. The number of imidazole rings is 1. The van der Waals surface area contributed by atoms with Crippen molar-refractivity contribution >= 4 is 39.3 Å². The zero-order valence-corrected chi connectivity index (χ0v) is 16.8. The lowest BCUT2D eigenvalue weighted by atomic mass is 9.91. The van der Waals surface area contributed by atoms with Crippen LogP contribution in [-0.2, 0) is 7.05 Å².